The van der Waals surface area contributed by atoms with Crippen molar-refractivity contribution in [1.82, 2.24) is 4.90 Å². The molecular formula is C14H10ClCrNO5. The molecule has 114 valence electrons. The van der Waals surface area contributed by atoms with Crippen LogP contribution in [0.2, 0.25) is 5.02 Å². The second kappa shape index (κ2) is 31.8. The first-order chi connectivity index (χ1) is 10.6. The zero-order chi connectivity index (χ0) is 19.1. The maximum absolute atomic E-state index is 7.50. The van der Waals surface area contributed by atoms with E-state index in [1.54, 1.807) is 0 Å². The van der Waals surface area contributed by atoms with Gasteiger partial charge in [0.05, 0.1) is 0 Å². The molecule has 0 radical (unpaired) electrons. The summed E-state index contributed by atoms with van der Waals surface area (Å²) in [4.78, 5) is 2.00. The predicted molar refractivity (Wildman–Crippen MR) is 68.9 cm³/mol. The van der Waals surface area contributed by atoms with Crippen LogP contribution in [0.5, 0.6) is 0 Å². The summed E-state index contributed by atoms with van der Waals surface area (Å²) in [6, 6.07) is 7.78. The summed E-state index contributed by atoms with van der Waals surface area (Å²) >= 11 is 8.99. The second-order valence-corrected chi connectivity index (χ2v) is 3.69. The van der Waals surface area contributed by atoms with Crippen molar-refractivity contribution in [2.24, 2.45) is 0 Å². The fourth-order valence-corrected chi connectivity index (χ4v) is 1.47. The standard InChI is InChI=1S/C9H10ClN.5CO.Cr/c1-11(2)7-8-5-3-4-6-9(8)10;5*1-2;/h3-6H,1-2H3;;;;;;. The molecule has 0 aromatic heterocycles. The van der Waals surface area contributed by atoms with Crippen LogP contribution in [0, 0.1) is 33.3 Å². The molecule has 0 fully saturated rings. The van der Waals surface area contributed by atoms with E-state index >= 15 is 0 Å². The van der Waals surface area contributed by atoms with Crippen molar-refractivity contribution in [2.75, 3.05) is 14.1 Å². The van der Waals surface area contributed by atoms with Crippen molar-refractivity contribution < 1.29 is 39.1 Å². The second-order valence-electron chi connectivity index (χ2n) is 2.68. The molecule has 0 aliphatic carbocycles. The molecule has 8 heteroatoms. The van der Waals surface area contributed by atoms with Gasteiger partial charge in [0.1, 0.15) is 0 Å². The van der Waals surface area contributed by atoms with Crippen molar-refractivity contribution in [1.29, 1.82) is 0 Å². The summed E-state index contributed by atoms with van der Waals surface area (Å²) in [5.41, 5.74) is 1.05. The summed E-state index contributed by atoms with van der Waals surface area (Å²) in [5, 5.41) is 0.778. The van der Waals surface area contributed by atoms with Gasteiger partial charge in [-0.2, -0.15) is 0 Å². The predicted octanol–water partition coefficient (Wildman–Crippen LogP) is 1.74. The number of rotatable bonds is 2. The molecule has 6 nitrogen and oxygen atoms in total. The Balaban J connectivity index is -0.0000000822. The Hall–Kier alpha value is -1.43. The molecule has 0 saturated heterocycles. The molecular weight excluding hydrogens is 350 g/mol. The Morgan fingerprint density at radius 1 is 0.864 bits per heavy atom. The third-order valence-electron chi connectivity index (χ3n) is 1.51. The van der Waals surface area contributed by atoms with Crippen molar-refractivity contribution in [3.05, 3.63) is 68.1 Å². The summed E-state index contributed by atoms with van der Waals surface area (Å²) in [7, 11) is 3.96. The van der Waals surface area contributed by atoms with Crippen LogP contribution in [0.4, 0.5) is 0 Å². The summed E-state index contributed by atoms with van der Waals surface area (Å²) in [6.45, 7) is 22.5. The Morgan fingerprint density at radius 2 is 1.18 bits per heavy atom. The van der Waals surface area contributed by atoms with Crippen molar-refractivity contribution in [3.63, 3.8) is 0 Å². The summed E-state index contributed by atoms with van der Waals surface area (Å²) in [5.74, 6) is 0. The average Bonchev–Trinajstić information content (AvgIpc) is 2.63. The van der Waals surface area contributed by atoms with Crippen molar-refractivity contribution >= 4 is 16.1 Å². The monoisotopic (exact) mass is 359 g/mol. The minimum atomic E-state index is 0.778. The summed E-state index contributed by atoms with van der Waals surface area (Å²) in [6.07, 6.45) is 0. The van der Waals surface area contributed by atoms with Crippen LogP contribution in [0.1, 0.15) is 5.56 Å². The molecule has 0 aliphatic rings. The number of halogens is 1. The van der Waals surface area contributed by atoms with E-state index < -0.39 is 0 Å². The van der Waals surface area contributed by atoms with Crippen LogP contribution >= 0.6 is 11.6 Å². The molecule has 0 N–H and O–H groups in total. The van der Waals surface area contributed by atoms with Crippen LogP contribution in [0.25, 0.3) is 0 Å². The number of hydrogen-bond acceptors (Lipinski definition) is 1. The fourth-order valence-electron chi connectivity index (χ4n) is 0.876. The number of nitrogens with zero attached hydrogens (tertiary/aromatic N) is 1. The molecule has 0 atom stereocenters. The Bertz CT molecular complexity index is 457. The molecule has 0 unspecified atom stereocenters. The topological polar surface area (TPSA) is 103 Å². The number of hydrogen-bond donors (Lipinski definition) is 0. The molecule has 0 spiro atoms. The first kappa shape index (κ1) is 32.5. The van der Waals surface area contributed by atoms with E-state index in [9.17, 15) is 0 Å². The fraction of sp³-hybridized carbons (Fsp3) is 0.143. The van der Waals surface area contributed by atoms with Crippen LogP contribution in [-0.4, -0.2) is 23.5 Å². The SMILES string of the molecule is CN(C)[C](=[Cr])c1ccccc1Cl.[C-]#[O+].[C-]#[O+].[C-]#[O+].[C-]#[O+].[C-]#[O+]. The Kier molecular flexibility index (Phi) is 47.0. The zero-order valence-electron chi connectivity index (χ0n) is 11.6. The van der Waals surface area contributed by atoms with E-state index in [4.69, 9.17) is 34.9 Å². The van der Waals surface area contributed by atoms with Crippen LogP contribution < -0.4 is 0 Å². The maximum atomic E-state index is 7.50. The Labute approximate surface area is 142 Å². The van der Waals surface area contributed by atoms with Gasteiger partial charge in [-0.15, -0.1) is 0 Å². The minimum absolute atomic E-state index is 0.778. The molecule has 0 heterocycles. The molecule has 0 saturated carbocycles. The molecule has 22 heavy (non-hydrogen) atoms. The van der Waals surface area contributed by atoms with E-state index in [2.05, 4.69) is 49.1 Å². The first-order valence-corrected chi connectivity index (χ1v) is 5.62. The van der Waals surface area contributed by atoms with Crippen molar-refractivity contribution in [2.45, 2.75) is 0 Å². The summed E-state index contributed by atoms with van der Waals surface area (Å²) < 4.78 is 38.6. The van der Waals surface area contributed by atoms with Crippen LogP contribution in [0.15, 0.2) is 24.3 Å². The van der Waals surface area contributed by atoms with Gasteiger partial charge in [0.25, 0.3) is 0 Å². The third kappa shape index (κ3) is 18.6. The van der Waals surface area contributed by atoms with Crippen LogP contribution in [0.3, 0.4) is 0 Å². The van der Waals surface area contributed by atoms with Gasteiger partial charge in [-0.05, 0) is 0 Å². The quantitative estimate of drug-likeness (QED) is 0.582. The van der Waals surface area contributed by atoms with E-state index in [1.165, 1.54) is 0 Å². The van der Waals surface area contributed by atoms with Crippen LogP contribution in [-0.2, 0) is 39.1 Å². The van der Waals surface area contributed by atoms with Gasteiger partial charge in [-0.3, -0.25) is 0 Å². The van der Waals surface area contributed by atoms with Gasteiger partial charge < -0.3 is 0 Å². The zero-order valence-corrected chi connectivity index (χ0v) is 13.6. The van der Waals surface area contributed by atoms with Gasteiger partial charge in [0.2, 0.25) is 0 Å². The van der Waals surface area contributed by atoms with Gasteiger partial charge >= 0.3 is 142 Å². The normalized spacial score (nSPS) is 6.09. The van der Waals surface area contributed by atoms with E-state index in [1.807, 2.05) is 43.3 Å². The van der Waals surface area contributed by atoms with Crippen molar-refractivity contribution in [3.8, 4) is 0 Å². The number of benzene rings is 1. The molecule has 1 rings (SSSR count). The van der Waals surface area contributed by atoms with Gasteiger partial charge in [0.15, 0.2) is 0 Å². The van der Waals surface area contributed by atoms with E-state index in [0.717, 1.165) is 15.1 Å². The molecule has 1 aromatic carbocycles. The third-order valence-corrected chi connectivity index (χ3v) is 2.75. The molecule has 1 aromatic rings. The molecule has 0 bridgehead atoms. The van der Waals surface area contributed by atoms with Gasteiger partial charge in [0, 0.05) is 0 Å². The van der Waals surface area contributed by atoms with E-state index in [-0.39, 0.29) is 0 Å². The van der Waals surface area contributed by atoms with E-state index in [0.29, 0.717) is 0 Å². The molecule has 0 aliphatic heterocycles. The first-order valence-electron chi connectivity index (χ1n) is 4.61. The van der Waals surface area contributed by atoms with Gasteiger partial charge in [-0.25, -0.2) is 0 Å². The molecule has 0 amide bonds. The Morgan fingerprint density at radius 3 is 1.45 bits per heavy atom. The average molecular weight is 360 g/mol. The van der Waals surface area contributed by atoms with Gasteiger partial charge in [-0.1, -0.05) is 0 Å².